The summed E-state index contributed by atoms with van der Waals surface area (Å²) in [7, 11) is -4.14. The van der Waals surface area contributed by atoms with Gasteiger partial charge in [0.25, 0.3) is 10.0 Å². The van der Waals surface area contributed by atoms with Crippen molar-refractivity contribution in [2.45, 2.75) is 63.9 Å². The van der Waals surface area contributed by atoms with E-state index in [1.165, 1.54) is 17.0 Å². The van der Waals surface area contributed by atoms with Crippen LogP contribution in [0, 0.1) is 6.92 Å². The Kier molecular flexibility index (Phi) is 11.2. The van der Waals surface area contributed by atoms with Crippen molar-refractivity contribution in [1.82, 2.24) is 10.2 Å². The molecule has 3 aromatic carbocycles. The molecule has 2 amide bonds. The van der Waals surface area contributed by atoms with Crippen LogP contribution >= 0.6 is 11.6 Å². The van der Waals surface area contributed by atoms with E-state index < -0.39 is 28.5 Å². The number of nitrogens with one attached hydrogen (secondary N) is 1. The number of halogens is 1. The second kappa shape index (κ2) is 14.3. The molecule has 0 aliphatic rings. The molecule has 0 spiro atoms. The zero-order chi connectivity index (χ0) is 29.3. The molecule has 0 aliphatic heterocycles. The Labute approximate surface area is 243 Å². The molecule has 40 heavy (non-hydrogen) atoms. The van der Waals surface area contributed by atoms with Gasteiger partial charge < -0.3 is 10.2 Å². The molecule has 0 aliphatic carbocycles. The van der Waals surface area contributed by atoms with Crippen LogP contribution in [-0.2, 0) is 26.0 Å². The van der Waals surface area contributed by atoms with Crippen LogP contribution in [0.5, 0.6) is 0 Å². The summed E-state index contributed by atoms with van der Waals surface area (Å²) in [4.78, 5) is 29.0. The van der Waals surface area contributed by atoms with E-state index in [2.05, 4.69) is 5.32 Å². The van der Waals surface area contributed by atoms with E-state index in [9.17, 15) is 18.0 Å². The number of hydrogen-bond acceptors (Lipinski definition) is 4. The number of benzene rings is 3. The fourth-order valence-electron chi connectivity index (χ4n) is 4.44. The van der Waals surface area contributed by atoms with Gasteiger partial charge in [0.1, 0.15) is 12.6 Å². The molecule has 0 radical (unpaired) electrons. The summed E-state index contributed by atoms with van der Waals surface area (Å²) >= 11 is 6.38. The van der Waals surface area contributed by atoms with Crippen LogP contribution in [0.15, 0.2) is 83.8 Å². The molecule has 0 heterocycles. The Morgan fingerprint density at radius 1 is 0.900 bits per heavy atom. The van der Waals surface area contributed by atoms with Crippen molar-refractivity contribution in [2.75, 3.05) is 17.4 Å². The molecule has 0 fully saturated rings. The number of hydrogen-bond donors (Lipinski definition) is 1. The Balaban J connectivity index is 2.04. The number of amides is 2. The first-order chi connectivity index (χ1) is 19.1. The average Bonchev–Trinajstić information content (AvgIpc) is 2.96. The van der Waals surface area contributed by atoms with E-state index in [1.807, 2.05) is 51.1 Å². The highest BCUT2D eigenvalue weighted by molar-refractivity contribution is 7.92. The van der Waals surface area contributed by atoms with Gasteiger partial charge in [-0.05, 0) is 68.5 Å². The quantitative estimate of drug-likeness (QED) is 0.283. The van der Waals surface area contributed by atoms with Crippen molar-refractivity contribution < 1.29 is 18.0 Å². The van der Waals surface area contributed by atoms with E-state index in [1.54, 1.807) is 43.3 Å². The number of nitrogens with zero attached hydrogens (tertiary/aromatic N) is 2. The van der Waals surface area contributed by atoms with Gasteiger partial charge in [-0.3, -0.25) is 13.9 Å². The minimum Gasteiger partial charge on any atom is -0.352 e. The summed E-state index contributed by atoms with van der Waals surface area (Å²) in [6.07, 6.45) is 1.64. The zero-order valence-corrected chi connectivity index (χ0v) is 25.1. The van der Waals surface area contributed by atoms with Gasteiger partial charge in [-0.15, -0.1) is 0 Å². The minimum absolute atomic E-state index is 0.0552. The van der Waals surface area contributed by atoms with Crippen LogP contribution in [0.2, 0.25) is 5.02 Å². The van der Waals surface area contributed by atoms with Crippen molar-refractivity contribution >= 4 is 39.1 Å². The maximum Gasteiger partial charge on any atom is 0.264 e. The van der Waals surface area contributed by atoms with Crippen LogP contribution in [0.1, 0.15) is 44.7 Å². The lowest BCUT2D eigenvalue weighted by Crippen LogP contribution is -2.54. The molecule has 0 bridgehead atoms. The van der Waals surface area contributed by atoms with Gasteiger partial charge in [0, 0.05) is 17.6 Å². The van der Waals surface area contributed by atoms with Gasteiger partial charge in [-0.2, -0.15) is 0 Å². The topological polar surface area (TPSA) is 86.8 Å². The van der Waals surface area contributed by atoms with Gasteiger partial charge in [0.2, 0.25) is 11.8 Å². The first kappa shape index (κ1) is 31.2. The lowest BCUT2D eigenvalue weighted by Gasteiger charge is -2.34. The molecule has 3 rings (SSSR count). The third kappa shape index (κ3) is 7.64. The SMILES string of the molecule is CC[C@@H](C)NC(=O)[C@H](CC)N(CCc1ccccc1)C(=O)CN(c1cccc(Cl)c1C)S(=O)(=O)c1ccccc1. The highest BCUT2D eigenvalue weighted by Gasteiger charge is 2.34. The smallest absolute Gasteiger partial charge is 0.264 e. The number of rotatable bonds is 13. The molecule has 9 heteroatoms. The van der Waals surface area contributed by atoms with Crippen molar-refractivity contribution in [3.8, 4) is 0 Å². The van der Waals surface area contributed by atoms with Gasteiger partial charge >= 0.3 is 0 Å². The normalized spacial score (nSPS) is 12.8. The van der Waals surface area contributed by atoms with Crippen molar-refractivity contribution in [3.63, 3.8) is 0 Å². The van der Waals surface area contributed by atoms with Crippen molar-refractivity contribution in [1.29, 1.82) is 0 Å². The van der Waals surface area contributed by atoms with Crippen LogP contribution in [0.25, 0.3) is 0 Å². The molecule has 0 aromatic heterocycles. The molecule has 0 saturated carbocycles. The third-order valence-corrected chi connectivity index (χ3v) is 9.17. The second-order valence-electron chi connectivity index (χ2n) is 9.77. The highest BCUT2D eigenvalue weighted by Crippen LogP contribution is 2.31. The third-order valence-electron chi connectivity index (χ3n) is 6.99. The van der Waals surface area contributed by atoms with Crippen LogP contribution in [0.4, 0.5) is 5.69 Å². The Morgan fingerprint density at radius 2 is 1.52 bits per heavy atom. The molecule has 0 saturated heterocycles. The van der Waals surface area contributed by atoms with Crippen LogP contribution < -0.4 is 9.62 Å². The summed E-state index contributed by atoms with van der Waals surface area (Å²) in [5.74, 6) is -0.726. The van der Waals surface area contributed by atoms with Crippen molar-refractivity contribution in [2.24, 2.45) is 0 Å². The number of carbonyl (C=O) groups excluding carboxylic acids is 2. The summed E-state index contributed by atoms with van der Waals surface area (Å²) in [5.41, 5.74) is 1.86. The number of carbonyl (C=O) groups is 2. The molecule has 1 N–H and O–H groups in total. The Morgan fingerprint density at radius 3 is 2.12 bits per heavy atom. The molecule has 0 unspecified atom stereocenters. The van der Waals surface area contributed by atoms with Crippen LogP contribution in [0.3, 0.4) is 0 Å². The summed E-state index contributed by atoms with van der Waals surface area (Å²) in [5, 5.41) is 3.38. The van der Waals surface area contributed by atoms with E-state index in [-0.39, 0.29) is 23.4 Å². The monoisotopic (exact) mass is 583 g/mol. The molecular formula is C31H38ClN3O4S. The predicted octanol–water partition coefficient (Wildman–Crippen LogP) is 5.61. The maximum atomic E-state index is 14.1. The predicted molar refractivity (Wildman–Crippen MR) is 161 cm³/mol. The van der Waals surface area contributed by atoms with Gasteiger partial charge in [0.15, 0.2) is 0 Å². The van der Waals surface area contributed by atoms with E-state index in [0.717, 1.165) is 16.3 Å². The lowest BCUT2D eigenvalue weighted by molar-refractivity contribution is -0.139. The Hall–Kier alpha value is -3.36. The lowest BCUT2D eigenvalue weighted by atomic mass is 10.1. The van der Waals surface area contributed by atoms with Crippen molar-refractivity contribution in [3.05, 3.63) is 95.0 Å². The van der Waals surface area contributed by atoms with E-state index >= 15 is 0 Å². The summed E-state index contributed by atoms with van der Waals surface area (Å²) < 4.78 is 28.9. The number of anilines is 1. The average molecular weight is 584 g/mol. The number of sulfonamides is 1. The molecule has 214 valence electrons. The summed E-state index contributed by atoms with van der Waals surface area (Å²) in [6.45, 7) is 7.23. The molecule has 2 atom stereocenters. The van der Waals surface area contributed by atoms with E-state index in [4.69, 9.17) is 11.6 Å². The first-order valence-corrected chi connectivity index (χ1v) is 15.4. The highest BCUT2D eigenvalue weighted by atomic mass is 35.5. The second-order valence-corrected chi connectivity index (χ2v) is 12.0. The molecular weight excluding hydrogens is 546 g/mol. The van der Waals surface area contributed by atoms with Gasteiger partial charge in [0.05, 0.1) is 10.6 Å². The molecule has 7 nitrogen and oxygen atoms in total. The summed E-state index contributed by atoms with van der Waals surface area (Å²) in [6, 6.07) is 21.8. The van der Waals surface area contributed by atoms with Gasteiger partial charge in [-0.25, -0.2) is 8.42 Å². The largest absolute Gasteiger partial charge is 0.352 e. The van der Waals surface area contributed by atoms with Gasteiger partial charge in [-0.1, -0.05) is 80.0 Å². The first-order valence-electron chi connectivity index (χ1n) is 13.6. The standard InChI is InChI=1S/C31H38ClN3O4S/c1-5-23(3)33-31(37)28(6-2)34(21-20-25-14-9-7-10-15-25)30(36)22-35(29-19-13-18-27(32)24(29)4)40(38,39)26-16-11-8-12-17-26/h7-19,23,28H,5-6,20-22H2,1-4H3,(H,33,37)/t23-,28+/m1/s1. The fraction of sp³-hybridized carbons (Fsp3) is 0.355. The zero-order valence-electron chi connectivity index (χ0n) is 23.5. The van der Waals surface area contributed by atoms with Crippen LogP contribution in [-0.4, -0.2) is 50.3 Å². The Bertz CT molecular complexity index is 1380. The fourth-order valence-corrected chi connectivity index (χ4v) is 6.10. The minimum atomic E-state index is -4.14. The molecule has 3 aromatic rings. The maximum absolute atomic E-state index is 14.1. The van der Waals surface area contributed by atoms with E-state index in [0.29, 0.717) is 29.1 Å².